The Morgan fingerprint density at radius 2 is 1.60 bits per heavy atom. The minimum Gasteiger partial charge on any atom is -0.294 e. The average Bonchev–Trinajstić information content (AvgIpc) is 2.76. The molecule has 1 aliphatic carbocycles. The second-order valence-corrected chi connectivity index (χ2v) is 4.89. The van der Waals surface area contributed by atoms with Crippen LogP contribution in [0.5, 0.6) is 0 Å². The Kier molecular flexibility index (Phi) is 2.89. The van der Waals surface area contributed by atoms with Crippen molar-refractivity contribution < 1.29 is 18.0 Å². The second kappa shape index (κ2) is 4.47. The number of Topliss-reactive ketones (excluding diaryl/α,β-unsaturated/α-hetero) is 1. The highest BCUT2D eigenvalue weighted by atomic mass is 19.4. The predicted molar refractivity (Wildman–Crippen MR) is 68.7 cm³/mol. The molecule has 0 heterocycles. The normalized spacial score (nSPS) is 18.1. The van der Waals surface area contributed by atoms with Gasteiger partial charge in [-0.25, -0.2) is 0 Å². The van der Waals surface area contributed by atoms with Crippen LogP contribution < -0.4 is 0 Å². The van der Waals surface area contributed by atoms with Gasteiger partial charge in [-0.05, 0) is 23.3 Å². The summed E-state index contributed by atoms with van der Waals surface area (Å²) in [6, 6.07) is 12.3. The lowest BCUT2D eigenvalue weighted by atomic mass is 9.92. The largest absolute Gasteiger partial charge is 0.416 e. The molecule has 2 aromatic carbocycles. The van der Waals surface area contributed by atoms with Gasteiger partial charge in [-0.3, -0.25) is 4.79 Å². The summed E-state index contributed by atoms with van der Waals surface area (Å²) in [5.74, 6) is -0.0912. The second-order valence-electron chi connectivity index (χ2n) is 4.89. The lowest BCUT2D eigenvalue weighted by Crippen LogP contribution is -2.05. The summed E-state index contributed by atoms with van der Waals surface area (Å²) < 4.78 is 37.6. The molecule has 0 unspecified atom stereocenters. The monoisotopic (exact) mass is 276 g/mol. The Morgan fingerprint density at radius 3 is 2.25 bits per heavy atom. The molecule has 1 atom stereocenters. The number of hydrogen-bond donors (Lipinski definition) is 0. The molecule has 0 aliphatic heterocycles. The molecule has 4 heteroatoms. The van der Waals surface area contributed by atoms with E-state index in [0.29, 0.717) is 12.0 Å². The maximum atomic E-state index is 12.5. The predicted octanol–water partition coefficient (Wildman–Crippen LogP) is 4.42. The Bertz CT molecular complexity index is 656. The van der Waals surface area contributed by atoms with Crippen molar-refractivity contribution in [3.63, 3.8) is 0 Å². The molecule has 102 valence electrons. The fraction of sp³-hybridized carbons (Fsp3) is 0.188. The van der Waals surface area contributed by atoms with Crippen LogP contribution in [-0.2, 0) is 6.18 Å². The van der Waals surface area contributed by atoms with Gasteiger partial charge < -0.3 is 0 Å². The molecule has 0 aromatic heterocycles. The highest BCUT2D eigenvalue weighted by Gasteiger charge is 2.32. The van der Waals surface area contributed by atoms with Gasteiger partial charge in [-0.15, -0.1) is 0 Å². The minimum atomic E-state index is -4.33. The van der Waals surface area contributed by atoms with Gasteiger partial charge in [0.1, 0.15) is 0 Å². The summed E-state index contributed by atoms with van der Waals surface area (Å²) in [6.45, 7) is 0. The van der Waals surface area contributed by atoms with Crippen LogP contribution >= 0.6 is 0 Å². The molecule has 1 aliphatic rings. The van der Waals surface area contributed by atoms with Gasteiger partial charge in [0.05, 0.1) is 5.56 Å². The quantitative estimate of drug-likeness (QED) is 0.753. The van der Waals surface area contributed by atoms with Crippen molar-refractivity contribution in [3.05, 3.63) is 70.8 Å². The van der Waals surface area contributed by atoms with Crippen molar-refractivity contribution in [1.82, 2.24) is 0 Å². The number of alkyl halides is 3. The van der Waals surface area contributed by atoms with Gasteiger partial charge in [-0.1, -0.05) is 36.4 Å². The molecule has 0 bridgehead atoms. The summed E-state index contributed by atoms with van der Waals surface area (Å²) in [5, 5.41) is 0. The first-order chi connectivity index (χ1) is 9.47. The maximum Gasteiger partial charge on any atom is 0.416 e. The lowest BCUT2D eigenvalue weighted by molar-refractivity contribution is -0.137. The van der Waals surface area contributed by atoms with Crippen molar-refractivity contribution in [3.8, 4) is 0 Å². The van der Waals surface area contributed by atoms with Crippen molar-refractivity contribution in [2.24, 2.45) is 0 Å². The van der Waals surface area contributed by atoms with Crippen LogP contribution in [0.3, 0.4) is 0 Å². The number of benzene rings is 2. The topological polar surface area (TPSA) is 17.1 Å². The van der Waals surface area contributed by atoms with E-state index in [4.69, 9.17) is 0 Å². The van der Waals surface area contributed by atoms with Gasteiger partial charge in [0.25, 0.3) is 0 Å². The maximum absolute atomic E-state index is 12.5. The summed E-state index contributed by atoms with van der Waals surface area (Å²) in [7, 11) is 0. The van der Waals surface area contributed by atoms with Crippen molar-refractivity contribution >= 4 is 5.78 Å². The van der Waals surface area contributed by atoms with Gasteiger partial charge in [0, 0.05) is 17.9 Å². The zero-order valence-corrected chi connectivity index (χ0v) is 10.4. The zero-order valence-electron chi connectivity index (χ0n) is 10.4. The van der Waals surface area contributed by atoms with Gasteiger partial charge in [0.2, 0.25) is 0 Å². The number of rotatable bonds is 1. The van der Waals surface area contributed by atoms with Crippen molar-refractivity contribution in [2.45, 2.75) is 18.5 Å². The van der Waals surface area contributed by atoms with E-state index in [-0.39, 0.29) is 11.7 Å². The Hall–Kier alpha value is -2.10. The summed E-state index contributed by atoms with van der Waals surface area (Å²) in [5.41, 5.74) is 1.66. The third-order valence-electron chi connectivity index (χ3n) is 3.67. The molecule has 0 radical (unpaired) electrons. The number of ketones is 1. The van der Waals surface area contributed by atoms with Crippen molar-refractivity contribution in [1.29, 1.82) is 0 Å². The molecular weight excluding hydrogens is 265 g/mol. The van der Waals surface area contributed by atoms with E-state index in [1.54, 1.807) is 12.1 Å². The van der Waals surface area contributed by atoms with E-state index >= 15 is 0 Å². The van der Waals surface area contributed by atoms with Crippen LogP contribution in [0.25, 0.3) is 0 Å². The van der Waals surface area contributed by atoms with E-state index in [0.717, 1.165) is 23.3 Å². The van der Waals surface area contributed by atoms with Gasteiger partial charge in [0.15, 0.2) is 5.78 Å². The number of carbonyl (C=O) groups is 1. The number of halogens is 3. The third kappa shape index (κ3) is 2.11. The van der Waals surface area contributed by atoms with Crippen LogP contribution in [0.4, 0.5) is 13.2 Å². The molecular formula is C16H11F3O. The smallest absolute Gasteiger partial charge is 0.294 e. The Labute approximate surface area is 114 Å². The average molecular weight is 276 g/mol. The fourth-order valence-electron chi connectivity index (χ4n) is 2.66. The van der Waals surface area contributed by atoms with E-state index in [9.17, 15) is 18.0 Å². The van der Waals surface area contributed by atoms with Gasteiger partial charge in [-0.2, -0.15) is 13.2 Å². The third-order valence-corrected chi connectivity index (χ3v) is 3.67. The van der Waals surface area contributed by atoms with Crippen LogP contribution in [0.15, 0.2) is 48.5 Å². The number of hydrogen-bond acceptors (Lipinski definition) is 1. The SMILES string of the molecule is O=C1C[C@@H](c2ccc(C(F)(F)F)cc2)c2ccccc21. The molecule has 3 rings (SSSR count). The highest BCUT2D eigenvalue weighted by Crippen LogP contribution is 2.39. The van der Waals surface area contributed by atoms with Crippen LogP contribution in [0, 0.1) is 0 Å². The van der Waals surface area contributed by atoms with Gasteiger partial charge >= 0.3 is 6.18 Å². The molecule has 2 aromatic rings. The molecule has 0 saturated heterocycles. The van der Waals surface area contributed by atoms with E-state index in [1.165, 1.54) is 12.1 Å². The summed E-state index contributed by atoms with van der Waals surface area (Å²) in [4.78, 5) is 11.9. The summed E-state index contributed by atoms with van der Waals surface area (Å²) in [6.07, 6.45) is -4.01. The van der Waals surface area contributed by atoms with E-state index < -0.39 is 11.7 Å². The standard InChI is InChI=1S/C16H11F3O/c17-16(18,19)11-7-5-10(6-8-11)14-9-15(20)13-4-2-1-3-12(13)14/h1-8,14H,9H2/t14-/m0/s1. The molecule has 0 spiro atoms. The van der Waals surface area contributed by atoms with E-state index in [2.05, 4.69) is 0 Å². The molecule has 20 heavy (non-hydrogen) atoms. The first-order valence-corrected chi connectivity index (χ1v) is 6.26. The molecule has 1 nitrogen and oxygen atoms in total. The van der Waals surface area contributed by atoms with Crippen molar-refractivity contribution in [2.75, 3.05) is 0 Å². The molecule has 0 fully saturated rings. The Morgan fingerprint density at radius 1 is 0.950 bits per heavy atom. The number of carbonyl (C=O) groups excluding carboxylic acids is 1. The molecule has 0 N–H and O–H groups in total. The van der Waals surface area contributed by atoms with E-state index in [1.807, 2.05) is 12.1 Å². The lowest BCUT2D eigenvalue weighted by Gasteiger charge is -2.13. The Balaban J connectivity index is 1.97. The summed E-state index contributed by atoms with van der Waals surface area (Å²) >= 11 is 0. The first-order valence-electron chi connectivity index (χ1n) is 6.26. The van der Waals surface area contributed by atoms with Crippen LogP contribution in [0.1, 0.15) is 39.4 Å². The first kappa shape index (κ1) is 12.9. The molecule has 0 amide bonds. The highest BCUT2D eigenvalue weighted by molar-refractivity contribution is 6.01. The minimum absolute atomic E-state index is 0.0468. The fourth-order valence-corrected chi connectivity index (χ4v) is 2.66. The van der Waals surface area contributed by atoms with Crippen LogP contribution in [0.2, 0.25) is 0 Å². The molecule has 0 saturated carbocycles. The zero-order chi connectivity index (χ0) is 14.3. The number of fused-ring (bicyclic) bond motifs is 1. The van der Waals surface area contributed by atoms with Crippen LogP contribution in [-0.4, -0.2) is 5.78 Å².